The fourth-order valence-corrected chi connectivity index (χ4v) is 4.82. The van der Waals surface area contributed by atoms with Crippen molar-refractivity contribution in [1.82, 2.24) is 10.6 Å². The Morgan fingerprint density at radius 3 is 3.00 bits per heavy atom. The van der Waals surface area contributed by atoms with Gasteiger partial charge in [-0.25, -0.2) is 4.99 Å². The smallest absolute Gasteiger partial charge is 0.191 e. The molecule has 3 atom stereocenters. The zero-order valence-corrected chi connectivity index (χ0v) is 15.1. The minimum Gasteiger partial charge on any atom is -0.357 e. The summed E-state index contributed by atoms with van der Waals surface area (Å²) >= 11 is 1.70. The number of hydrogen-bond donors (Lipinski definition) is 2. The number of aliphatic imine (C=N–C) groups is 1. The van der Waals surface area contributed by atoms with Crippen LogP contribution in [0.15, 0.2) is 21.8 Å². The Labute approximate surface area is 140 Å². The van der Waals surface area contributed by atoms with Crippen molar-refractivity contribution in [2.75, 3.05) is 12.3 Å². The Hall–Kier alpha value is -0.880. The summed E-state index contributed by atoms with van der Waals surface area (Å²) in [4.78, 5) is 4.67. The molecule has 0 aliphatic heterocycles. The summed E-state index contributed by atoms with van der Waals surface area (Å²) in [6.07, 6.45) is 4.38. The van der Waals surface area contributed by atoms with Gasteiger partial charge in [0.25, 0.3) is 0 Å². The fraction of sp³-hybridized carbons (Fsp3) is 0.688. The van der Waals surface area contributed by atoms with Gasteiger partial charge in [-0.05, 0) is 48.6 Å². The van der Waals surface area contributed by atoms with E-state index in [0.717, 1.165) is 43.9 Å². The maximum Gasteiger partial charge on any atom is 0.191 e. The number of nitrogens with one attached hydrogen (secondary N) is 2. The summed E-state index contributed by atoms with van der Waals surface area (Å²) in [5.41, 5.74) is 1.25. The molecule has 22 heavy (non-hydrogen) atoms. The van der Waals surface area contributed by atoms with Gasteiger partial charge in [0.2, 0.25) is 0 Å². The van der Waals surface area contributed by atoms with Crippen LogP contribution in [0.3, 0.4) is 0 Å². The van der Waals surface area contributed by atoms with Crippen LogP contribution in [0, 0.1) is 0 Å². The average Bonchev–Trinajstić information content (AvgIpc) is 3.06. The van der Waals surface area contributed by atoms with Gasteiger partial charge in [-0.3, -0.25) is 4.21 Å². The van der Waals surface area contributed by atoms with Gasteiger partial charge >= 0.3 is 0 Å². The van der Waals surface area contributed by atoms with Gasteiger partial charge in [0.15, 0.2) is 5.96 Å². The predicted octanol–water partition coefficient (Wildman–Crippen LogP) is 2.88. The molecule has 1 aliphatic carbocycles. The second-order valence-electron chi connectivity index (χ2n) is 5.63. The highest BCUT2D eigenvalue weighted by molar-refractivity contribution is 7.85. The summed E-state index contributed by atoms with van der Waals surface area (Å²) < 4.78 is 12.0. The second kappa shape index (κ2) is 9.30. The number of nitrogens with zero attached hydrogens (tertiary/aromatic N) is 1. The van der Waals surface area contributed by atoms with Gasteiger partial charge in [0.05, 0.1) is 6.54 Å². The number of hydrogen-bond acceptors (Lipinski definition) is 3. The normalized spacial score (nSPS) is 24.0. The summed E-state index contributed by atoms with van der Waals surface area (Å²) in [6.45, 7) is 5.65. The SMILES string of the molecule is CCNC(=NCc1ccsc1)NC1CCCC(S(=O)CC)C1. The molecule has 1 saturated carbocycles. The zero-order chi connectivity index (χ0) is 15.8. The third-order valence-electron chi connectivity index (χ3n) is 3.97. The minimum absolute atomic E-state index is 0.344. The van der Waals surface area contributed by atoms with Gasteiger partial charge in [-0.1, -0.05) is 13.3 Å². The summed E-state index contributed by atoms with van der Waals surface area (Å²) in [7, 11) is -0.680. The molecule has 1 aromatic rings. The molecule has 1 aromatic heterocycles. The first kappa shape index (κ1) is 17.5. The molecule has 0 bridgehead atoms. The predicted molar refractivity (Wildman–Crippen MR) is 97.0 cm³/mol. The Morgan fingerprint density at radius 1 is 1.45 bits per heavy atom. The highest BCUT2D eigenvalue weighted by atomic mass is 32.2. The molecule has 2 rings (SSSR count). The zero-order valence-electron chi connectivity index (χ0n) is 13.5. The minimum atomic E-state index is -0.680. The van der Waals surface area contributed by atoms with E-state index in [1.807, 2.05) is 6.92 Å². The van der Waals surface area contributed by atoms with Crippen LogP contribution in [-0.2, 0) is 17.3 Å². The fourth-order valence-electron chi connectivity index (χ4n) is 2.82. The van der Waals surface area contributed by atoms with Gasteiger partial charge in [0, 0.05) is 34.4 Å². The molecule has 0 amide bonds. The van der Waals surface area contributed by atoms with Crippen molar-refractivity contribution < 1.29 is 4.21 Å². The topological polar surface area (TPSA) is 53.5 Å². The molecule has 1 fully saturated rings. The van der Waals surface area contributed by atoms with Crippen LogP contribution < -0.4 is 10.6 Å². The van der Waals surface area contributed by atoms with E-state index in [4.69, 9.17) is 0 Å². The van der Waals surface area contributed by atoms with Crippen LogP contribution >= 0.6 is 11.3 Å². The Morgan fingerprint density at radius 2 is 2.32 bits per heavy atom. The van der Waals surface area contributed by atoms with Crippen molar-refractivity contribution in [3.05, 3.63) is 22.4 Å². The van der Waals surface area contributed by atoms with Crippen LogP contribution in [0.2, 0.25) is 0 Å². The number of thiophene rings is 1. The quantitative estimate of drug-likeness (QED) is 0.618. The third kappa shape index (κ3) is 5.39. The molecule has 4 nitrogen and oxygen atoms in total. The first-order chi connectivity index (χ1) is 10.7. The summed E-state index contributed by atoms with van der Waals surface area (Å²) in [5, 5.41) is 11.4. The van der Waals surface area contributed by atoms with E-state index in [1.165, 1.54) is 5.56 Å². The molecule has 0 radical (unpaired) electrons. The summed E-state index contributed by atoms with van der Waals surface area (Å²) in [6, 6.07) is 2.49. The van der Waals surface area contributed by atoms with Crippen LogP contribution in [0.1, 0.15) is 45.1 Å². The van der Waals surface area contributed by atoms with E-state index in [-0.39, 0.29) is 0 Å². The van der Waals surface area contributed by atoms with Crippen molar-refractivity contribution in [3.8, 4) is 0 Å². The van der Waals surface area contributed by atoms with Gasteiger partial charge in [0.1, 0.15) is 0 Å². The number of rotatable bonds is 6. The molecule has 0 aromatic carbocycles. The molecule has 3 unspecified atom stereocenters. The molecule has 1 aliphatic rings. The van der Waals surface area contributed by atoms with E-state index >= 15 is 0 Å². The van der Waals surface area contributed by atoms with Crippen LogP contribution in [0.4, 0.5) is 0 Å². The Bertz CT molecular complexity index is 488. The van der Waals surface area contributed by atoms with Crippen molar-refractivity contribution in [2.24, 2.45) is 4.99 Å². The van der Waals surface area contributed by atoms with Crippen LogP contribution in [0.25, 0.3) is 0 Å². The lowest BCUT2D eigenvalue weighted by atomic mass is 9.95. The van der Waals surface area contributed by atoms with E-state index in [9.17, 15) is 4.21 Å². The molecule has 0 spiro atoms. The second-order valence-corrected chi connectivity index (χ2v) is 8.41. The number of guanidine groups is 1. The van der Waals surface area contributed by atoms with E-state index < -0.39 is 10.8 Å². The Balaban J connectivity index is 1.92. The molecule has 2 N–H and O–H groups in total. The van der Waals surface area contributed by atoms with E-state index in [1.54, 1.807) is 11.3 Å². The lowest BCUT2D eigenvalue weighted by Gasteiger charge is -2.30. The lowest BCUT2D eigenvalue weighted by molar-refractivity contribution is 0.413. The van der Waals surface area contributed by atoms with E-state index in [2.05, 4.69) is 39.4 Å². The molecular formula is C16H27N3OS2. The van der Waals surface area contributed by atoms with Crippen molar-refractivity contribution >= 4 is 28.1 Å². The highest BCUT2D eigenvalue weighted by Crippen LogP contribution is 2.23. The maximum absolute atomic E-state index is 12.0. The lowest BCUT2D eigenvalue weighted by Crippen LogP contribution is -2.46. The molecule has 0 saturated heterocycles. The van der Waals surface area contributed by atoms with Gasteiger partial charge in [-0.15, -0.1) is 0 Å². The van der Waals surface area contributed by atoms with Crippen molar-refractivity contribution in [1.29, 1.82) is 0 Å². The first-order valence-corrected chi connectivity index (χ1v) is 10.5. The molecule has 124 valence electrons. The van der Waals surface area contributed by atoms with Crippen LogP contribution in [-0.4, -0.2) is 33.8 Å². The molecule has 1 heterocycles. The standard InChI is InChI=1S/C16H27N3OS2/c1-3-17-16(18-11-13-8-9-21-12-13)19-14-6-5-7-15(10-14)22(20)4-2/h8-9,12,14-15H,3-7,10-11H2,1-2H3,(H2,17,18,19). The summed E-state index contributed by atoms with van der Waals surface area (Å²) in [5.74, 6) is 1.64. The maximum atomic E-state index is 12.0. The van der Waals surface area contributed by atoms with E-state index in [0.29, 0.717) is 17.8 Å². The van der Waals surface area contributed by atoms with Crippen molar-refractivity contribution in [3.63, 3.8) is 0 Å². The third-order valence-corrected chi connectivity index (χ3v) is 6.44. The average molecular weight is 342 g/mol. The monoisotopic (exact) mass is 341 g/mol. The van der Waals surface area contributed by atoms with Crippen LogP contribution in [0.5, 0.6) is 0 Å². The highest BCUT2D eigenvalue weighted by Gasteiger charge is 2.25. The largest absolute Gasteiger partial charge is 0.357 e. The first-order valence-electron chi connectivity index (χ1n) is 8.16. The van der Waals surface area contributed by atoms with Gasteiger partial charge in [-0.2, -0.15) is 11.3 Å². The Kier molecular flexibility index (Phi) is 7.39. The van der Waals surface area contributed by atoms with Gasteiger partial charge < -0.3 is 10.6 Å². The molecular weight excluding hydrogens is 314 g/mol. The van der Waals surface area contributed by atoms with Crippen molar-refractivity contribution in [2.45, 2.75) is 57.4 Å². The molecule has 6 heteroatoms.